The van der Waals surface area contributed by atoms with Gasteiger partial charge in [0.1, 0.15) is 11.1 Å². The summed E-state index contributed by atoms with van der Waals surface area (Å²) in [6.07, 6.45) is 0.0621. The molecule has 0 aliphatic heterocycles. The van der Waals surface area contributed by atoms with Crippen molar-refractivity contribution in [3.05, 3.63) is 27.7 Å². The minimum Gasteiger partial charge on any atom is -0.375 e. The van der Waals surface area contributed by atoms with E-state index in [0.717, 1.165) is 17.2 Å². The molecule has 1 heterocycles. The number of ether oxygens (including phenoxy) is 1. The Morgan fingerprint density at radius 1 is 1.75 bits per heavy atom. The van der Waals surface area contributed by atoms with E-state index in [1.807, 2.05) is 14.0 Å². The summed E-state index contributed by atoms with van der Waals surface area (Å²) < 4.78 is 5.22. The average Bonchev–Trinajstić information content (AvgIpc) is 2.63. The second-order valence-electron chi connectivity index (χ2n) is 3.74. The van der Waals surface area contributed by atoms with E-state index in [1.54, 1.807) is 18.4 Å². The van der Waals surface area contributed by atoms with E-state index in [9.17, 15) is 0 Å². The van der Waals surface area contributed by atoms with Gasteiger partial charge < -0.3 is 4.74 Å². The lowest BCUT2D eigenvalue weighted by Crippen LogP contribution is -2.19. The minimum absolute atomic E-state index is 0.0621. The zero-order valence-corrected chi connectivity index (χ0v) is 11.4. The van der Waals surface area contributed by atoms with Gasteiger partial charge in [0.2, 0.25) is 0 Å². The topological polar surface area (TPSA) is 25.4 Å². The molecule has 5 heteroatoms. The number of aromatic nitrogens is 1. The Labute approximate surface area is 106 Å². The molecule has 0 aromatic carbocycles. The Balaban J connectivity index is 2.54. The van der Waals surface area contributed by atoms with Gasteiger partial charge in [0, 0.05) is 30.6 Å². The van der Waals surface area contributed by atoms with Gasteiger partial charge in [-0.1, -0.05) is 18.2 Å². The van der Waals surface area contributed by atoms with Crippen molar-refractivity contribution in [1.82, 2.24) is 9.88 Å². The van der Waals surface area contributed by atoms with Crippen LogP contribution in [0.3, 0.4) is 0 Å². The van der Waals surface area contributed by atoms with Crippen LogP contribution in [0.15, 0.2) is 17.0 Å². The summed E-state index contributed by atoms with van der Waals surface area (Å²) in [6, 6.07) is 0. The van der Waals surface area contributed by atoms with Crippen LogP contribution in [0.5, 0.6) is 0 Å². The molecule has 16 heavy (non-hydrogen) atoms. The Kier molecular flexibility index (Phi) is 5.41. The first-order valence-electron chi connectivity index (χ1n) is 5.02. The number of thiazole rings is 1. The van der Waals surface area contributed by atoms with Crippen LogP contribution in [-0.2, 0) is 11.3 Å². The fourth-order valence-corrected chi connectivity index (χ4v) is 2.35. The Morgan fingerprint density at radius 3 is 3.00 bits per heavy atom. The first kappa shape index (κ1) is 13.6. The molecule has 0 spiro atoms. The van der Waals surface area contributed by atoms with Crippen molar-refractivity contribution < 1.29 is 4.74 Å². The highest BCUT2D eigenvalue weighted by Gasteiger charge is 2.10. The van der Waals surface area contributed by atoms with Crippen molar-refractivity contribution in [1.29, 1.82) is 0 Å². The zero-order chi connectivity index (χ0) is 12.1. The first-order chi connectivity index (χ1) is 7.52. The summed E-state index contributed by atoms with van der Waals surface area (Å²) in [7, 11) is 3.68. The molecule has 0 unspecified atom stereocenters. The molecule has 0 aliphatic carbocycles. The summed E-state index contributed by atoms with van der Waals surface area (Å²) in [5, 5.41) is 3.71. The van der Waals surface area contributed by atoms with Crippen molar-refractivity contribution in [3.8, 4) is 0 Å². The molecular formula is C11H17ClN2OS. The highest BCUT2D eigenvalue weighted by Crippen LogP contribution is 2.21. The summed E-state index contributed by atoms with van der Waals surface area (Å²) in [4.78, 5) is 6.58. The zero-order valence-electron chi connectivity index (χ0n) is 9.86. The minimum atomic E-state index is 0.0621. The van der Waals surface area contributed by atoms with Gasteiger partial charge in [-0.3, -0.25) is 4.90 Å². The maximum Gasteiger partial charge on any atom is 0.122 e. The third-order valence-corrected chi connectivity index (χ3v) is 3.32. The number of halogens is 1. The lowest BCUT2D eigenvalue weighted by molar-refractivity contribution is 0.119. The third kappa shape index (κ3) is 4.22. The van der Waals surface area contributed by atoms with Gasteiger partial charge in [-0.25, -0.2) is 4.98 Å². The predicted molar refractivity (Wildman–Crippen MR) is 68.9 cm³/mol. The molecule has 0 bridgehead atoms. The largest absolute Gasteiger partial charge is 0.375 e. The van der Waals surface area contributed by atoms with E-state index in [1.165, 1.54) is 0 Å². The Morgan fingerprint density at radius 2 is 2.44 bits per heavy atom. The number of likely N-dealkylation sites (N-methyl/N-ethyl adjacent to an activating group) is 1. The molecule has 1 aromatic rings. The van der Waals surface area contributed by atoms with E-state index < -0.39 is 0 Å². The van der Waals surface area contributed by atoms with Crippen LogP contribution in [0.2, 0.25) is 0 Å². The van der Waals surface area contributed by atoms with Gasteiger partial charge in [-0.05, 0) is 14.0 Å². The summed E-state index contributed by atoms with van der Waals surface area (Å²) in [6.45, 7) is 7.11. The maximum atomic E-state index is 5.74. The highest BCUT2D eigenvalue weighted by atomic mass is 35.5. The van der Waals surface area contributed by atoms with Gasteiger partial charge in [-0.15, -0.1) is 11.3 Å². The SMILES string of the molecule is C=C(Cl)CN(C)Cc1csc([C@@H](C)OC)n1. The number of nitrogens with zero attached hydrogens (tertiary/aromatic N) is 2. The van der Waals surface area contributed by atoms with Crippen molar-refractivity contribution in [2.45, 2.75) is 19.6 Å². The maximum absolute atomic E-state index is 5.74. The molecule has 0 aliphatic rings. The molecule has 1 atom stereocenters. The van der Waals surface area contributed by atoms with Crippen molar-refractivity contribution in [3.63, 3.8) is 0 Å². The fourth-order valence-electron chi connectivity index (χ4n) is 1.31. The molecule has 1 rings (SSSR count). The molecule has 0 fully saturated rings. The van der Waals surface area contributed by atoms with Gasteiger partial charge in [-0.2, -0.15) is 0 Å². The van der Waals surface area contributed by atoms with Crippen LogP contribution in [0.4, 0.5) is 0 Å². The average molecular weight is 261 g/mol. The molecular weight excluding hydrogens is 244 g/mol. The summed E-state index contributed by atoms with van der Waals surface area (Å²) >= 11 is 7.37. The molecule has 90 valence electrons. The third-order valence-electron chi connectivity index (χ3n) is 2.14. The molecule has 0 amide bonds. The van der Waals surface area contributed by atoms with Crippen molar-refractivity contribution >= 4 is 22.9 Å². The van der Waals surface area contributed by atoms with E-state index in [4.69, 9.17) is 16.3 Å². The fraction of sp³-hybridized carbons (Fsp3) is 0.545. The Hall–Kier alpha value is -0.420. The molecule has 0 saturated carbocycles. The molecule has 1 aromatic heterocycles. The van der Waals surface area contributed by atoms with Crippen molar-refractivity contribution in [2.24, 2.45) is 0 Å². The number of hydrogen-bond acceptors (Lipinski definition) is 4. The van der Waals surface area contributed by atoms with Crippen LogP contribution in [0, 0.1) is 0 Å². The van der Waals surface area contributed by atoms with E-state index in [2.05, 4.69) is 21.8 Å². The first-order valence-corrected chi connectivity index (χ1v) is 6.27. The molecule has 0 radical (unpaired) electrons. The quantitative estimate of drug-likeness (QED) is 0.786. The van der Waals surface area contributed by atoms with Crippen LogP contribution in [0.1, 0.15) is 23.7 Å². The van der Waals surface area contributed by atoms with Crippen LogP contribution >= 0.6 is 22.9 Å². The van der Waals surface area contributed by atoms with E-state index in [0.29, 0.717) is 11.6 Å². The van der Waals surface area contributed by atoms with Gasteiger partial charge in [0.15, 0.2) is 0 Å². The summed E-state index contributed by atoms with van der Waals surface area (Å²) in [5.41, 5.74) is 1.05. The molecule has 0 N–H and O–H groups in total. The van der Waals surface area contributed by atoms with E-state index in [-0.39, 0.29) is 6.10 Å². The van der Waals surface area contributed by atoms with Gasteiger partial charge in [0.25, 0.3) is 0 Å². The predicted octanol–water partition coefficient (Wildman–Crippen LogP) is 3.03. The number of rotatable bonds is 6. The normalized spacial score (nSPS) is 13.1. The lowest BCUT2D eigenvalue weighted by atomic mass is 10.4. The highest BCUT2D eigenvalue weighted by molar-refractivity contribution is 7.09. The van der Waals surface area contributed by atoms with Crippen molar-refractivity contribution in [2.75, 3.05) is 20.7 Å². The van der Waals surface area contributed by atoms with Crippen LogP contribution < -0.4 is 0 Å². The van der Waals surface area contributed by atoms with Crippen LogP contribution in [-0.4, -0.2) is 30.6 Å². The van der Waals surface area contributed by atoms with Gasteiger partial charge in [0.05, 0.1) is 5.69 Å². The monoisotopic (exact) mass is 260 g/mol. The summed E-state index contributed by atoms with van der Waals surface area (Å²) in [5.74, 6) is 0. The Bertz CT molecular complexity index is 354. The van der Waals surface area contributed by atoms with E-state index >= 15 is 0 Å². The van der Waals surface area contributed by atoms with Crippen LogP contribution in [0.25, 0.3) is 0 Å². The molecule has 0 saturated heterocycles. The number of methoxy groups -OCH3 is 1. The number of hydrogen-bond donors (Lipinski definition) is 0. The lowest BCUT2D eigenvalue weighted by Gasteiger charge is -2.13. The second kappa shape index (κ2) is 6.35. The van der Waals surface area contributed by atoms with Gasteiger partial charge >= 0.3 is 0 Å². The standard InChI is InChI=1S/C11H17ClN2OS/c1-8(12)5-14(3)6-10-7-16-11(13-10)9(2)15-4/h7,9H,1,5-6H2,2-4H3/t9-/m1/s1. The second-order valence-corrected chi connectivity index (χ2v) is 5.17. The smallest absolute Gasteiger partial charge is 0.122 e. The molecule has 3 nitrogen and oxygen atoms in total.